The van der Waals surface area contributed by atoms with Crippen molar-refractivity contribution in [2.24, 2.45) is 0 Å². The Labute approximate surface area is 107 Å². The zero-order chi connectivity index (χ0) is 13.4. The van der Waals surface area contributed by atoms with Crippen LogP contribution in [0.1, 0.15) is 41.0 Å². The van der Waals surface area contributed by atoms with Gasteiger partial charge in [-0.1, -0.05) is 27.4 Å². The van der Waals surface area contributed by atoms with E-state index in [1.165, 1.54) is 0 Å². The molecular weight excluding hydrogens is 232 g/mol. The van der Waals surface area contributed by atoms with Crippen LogP contribution in [0.25, 0.3) is 0 Å². The van der Waals surface area contributed by atoms with Crippen LogP contribution in [0.4, 0.5) is 0 Å². The van der Waals surface area contributed by atoms with Gasteiger partial charge in [0.1, 0.15) is 6.10 Å². The van der Waals surface area contributed by atoms with E-state index in [-0.39, 0.29) is 18.2 Å². The summed E-state index contributed by atoms with van der Waals surface area (Å²) in [5, 5.41) is 0. The third-order valence-corrected chi connectivity index (χ3v) is 5.49. The van der Waals surface area contributed by atoms with Crippen molar-refractivity contribution >= 4 is 15.0 Å². The quantitative estimate of drug-likeness (QED) is 0.381. The topological polar surface area (TPSA) is 35.5 Å². The molecule has 0 aromatic carbocycles. The number of carbonyl (C=O) groups is 1. The maximum atomic E-state index is 11.5. The molecular formula is C13H26O3Si. The first-order valence-corrected chi connectivity index (χ1v) is 8.58. The van der Waals surface area contributed by atoms with Crippen LogP contribution in [0.15, 0.2) is 12.2 Å². The fourth-order valence-electron chi connectivity index (χ4n) is 1.62. The molecule has 0 saturated heterocycles. The summed E-state index contributed by atoms with van der Waals surface area (Å²) >= 11 is 0. The van der Waals surface area contributed by atoms with Crippen molar-refractivity contribution < 1.29 is 14.0 Å². The number of rotatable bonds is 8. The Kier molecular flexibility index (Phi) is 8.17. The van der Waals surface area contributed by atoms with Gasteiger partial charge in [0.15, 0.2) is 9.04 Å². The summed E-state index contributed by atoms with van der Waals surface area (Å²) in [5.41, 5.74) is 0.440. The number of ether oxygens (including phenoxy) is 1. The fraction of sp³-hybridized carbons (Fsp3) is 0.769. The minimum Gasteiger partial charge on any atom is -0.456 e. The maximum absolute atomic E-state index is 11.5. The van der Waals surface area contributed by atoms with Crippen LogP contribution in [0.5, 0.6) is 0 Å². The van der Waals surface area contributed by atoms with E-state index in [9.17, 15) is 4.79 Å². The van der Waals surface area contributed by atoms with Gasteiger partial charge in [-0.15, -0.1) is 0 Å². The Morgan fingerprint density at radius 1 is 1.29 bits per heavy atom. The summed E-state index contributed by atoms with van der Waals surface area (Å²) < 4.78 is 11.4. The van der Waals surface area contributed by atoms with Crippen LogP contribution in [-0.4, -0.2) is 27.2 Å². The minimum atomic E-state index is -1.10. The summed E-state index contributed by atoms with van der Waals surface area (Å²) in [6, 6.07) is 2.23. The van der Waals surface area contributed by atoms with Crippen LogP contribution in [0.2, 0.25) is 12.1 Å². The van der Waals surface area contributed by atoms with Crippen molar-refractivity contribution in [3.8, 4) is 0 Å². The van der Waals surface area contributed by atoms with Gasteiger partial charge in [-0.05, 0) is 32.4 Å². The first kappa shape index (κ1) is 16.4. The lowest BCUT2D eigenvalue weighted by molar-refractivity contribution is -0.148. The van der Waals surface area contributed by atoms with Gasteiger partial charge in [0.25, 0.3) is 0 Å². The van der Waals surface area contributed by atoms with Crippen molar-refractivity contribution in [1.82, 2.24) is 0 Å². The largest absolute Gasteiger partial charge is 0.456 e. The normalized spacial score (nSPS) is 14.5. The molecule has 0 aliphatic rings. The zero-order valence-electron chi connectivity index (χ0n) is 11.8. The molecule has 0 N–H and O–H groups in total. The third-order valence-electron chi connectivity index (χ3n) is 2.85. The van der Waals surface area contributed by atoms with E-state index >= 15 is 0 Å². The van der Waals surface area contributed by atoms with Crippen LogP contribution in [0, 0.1) is 0 Å². The molecule has 0 bridgehead atoms. The Balaban J connectivity index is 4.34. The average Bonchev–Trinajstić information content (AvgIpc) is 2.31. The van der Waals surface area contributed by atoms with Gasteiger partial charge in [-0.2, -0.15) is 0 Å². The van der Waals surface area contributed by atoms with Crippen molar-refractivity contribution in [2.45, 2.75) is 65.3 Å². The summed E-state index contributed by atoms with van der Waals surface area (Å²) in [6.45, 7) is 13.6. The Morgan fingerprint density at radius 3 is 2.18 bits per heavy atom. The van der Waals surface area contributed by atoms with Gasteiger partial charge in [-0.25, -0.2) is 4.79 Å². The summed E-state index contributed by atoms with van der Waals surface area (Å²) in [5.74, 6) is -0.321. The van der Waals surface area contributed by atoms with Crippen LogP contribution in [-0.2, 0) is 14.0 Å². The molecule has 17 heavy (non-hydrogen) atoms. The van der Waals surface area contributed by atoms with Gasteiger partial charge in [0.2, 0.25) is 0 Å². The van der Waals surface area contributed by atoms with Gasteiger partial charge in [0, 0.05) is 5.57 Å². The highest BCUT2D eigenvalue weighted by Crippen LogP contribution is 2.13. The molecule has 0 amide bonds. The molecule has 0 rings (SSSR count). The monoisotopic (exact) mass is 258 g/mol. The molecule has 0 aromatic heterocycles. The summed E-state index contributed by atoms with van der Waals surface area (Å²) in [6.07, 6.45) is 0.599. The highest BCUT2D eigenvalue weighted by atomic mass is 28.3. The maximum Gasteiger partial charge on any atom is 0.333 e. The number of hydrogen-bond acceptors (Lipinski definition) is 3. The van der Waals surface area contributed by atoms with E-state index in [1.54, 1.807) is 6.92 Å². The smallest absolute Gasteiger partial charge is 0.333 e. The molecule has 2 unspecified atom stereocenters. The second-order valence-electron chi connectivity index (χ2n) is 4.41. The zero-order valence-corrected chi connectivity index (χ0v) is 12.9. The Bertz CT molecular complexity index is 249. The molecule has 100 valence electrons. The Morgan fingerprint density at radius 2 is 1.82 bits per heavy atom. The van der Waals surface area contributed by atoms with Gasteiger partial charge in [0.05, 0.1) is 6.10 Å². The molecule has 0 heterocycles. The highest BCUT2D eigenvalue weighted by molar-refractivity contribution is 6.51. The number of carbonyl (C=O) groups excluding carboxylic acids is 1. The van der Waals surface area contributed by atoms with E-state index in [4.69, 9.17) is 9.16 Å². The van der Waals surface area contributed by atoms with Gasteiger partial charge >= 0.3 is 5.97 Å². The van der Waals surface area contributed by atoms with Crippen LogP contribution >= 0.6 is 0 Å². The van der Waals surface area contributed by atoms with Gasteiger partial charge < -0.3 is 9.16 Å². The first-order valence-electron chi connectivity index (χ1n) is 6.48. The average molecular weight is 258 g/mol. The predicted molar refractivity (Wildman–Crippen MR) is 73.6 cm³/mol. The Hall–Kier alpha value is -0.613. The molecule has 0 fully saturated rings. The molecule has 0 radical (unpaired) electrons. The molecule has 2 atom stereocenters. The van der Waals surface area contributed by atoms with Crippen molar-refractivity contribution in [2.75, 3.05) is 0 Å². The van der Waals surface area contributed by atoms with Crippen LogP contribution < -0.4 is 0 Å². The van der Waals surface area contributed by atoms with E-state index in [0.29, 0.717) is 5.57 Å². The molecule has 3 nitrogen and oxygen atoms in total. The number of hydrogen-bond donors (Lipinski definition) is 0. The summed E-state index contributed by atoms with van der Waals surface area (Å²) in [7, 11) is -1.10. The number of esters is 1. The lowest BCUT2D eigenvalue weighted by Gasteiger charge is -2.26. The predicted octanol–water partition coefficient (Wildman–Crippen LogP) is 3.05. The SMILES string of the molecule is C=C(C)C(=O)OC(CC)C(C)O[SiH](CC)CC. The first-order chi connectivity index (χ1) is 7.96. The van der Waals surface area contributed by atoms with Crippen molar-refractivity contribution in [3.05, 3.63) is 12.2 Å². The van der Waals surface area contributed by atoms with E-state index in [0.717, 1.165) is 18.5 Å². The minimum absolute atomic E-state index is 0.0140. The van der Waals surface area contributed by atoms with Gasteiger partial charge in [-0.3, -0.25) is 0 Å². The summed E-state index contributed by atoms with van der Waals surface area (Å²) in [4.78, 5) is 11.5. The van der Waals surface area contributed by atoms with E-state index < -0.39 is 9.04 Å². The molecule has 0 aliphatic heterocycles. The molecule has 0 saturated carbocycles. The van der Waals surface area contributed by atoms with Crippen LogP contribution in [0.3, 0.4) is 0 Å². The standard InChI is InChI=1S/C13H26O3Si/c1-7-12(15-13(14)10(4)5)11(6)16-17(8-2)9-3/h11-12,17H,4,7-9H2,1-3,5-6H3. The molecule has 4 heteroatoms. The lowest BCUT2D eigenvalue weighted by Crippen LogP contribution is -2.35. The molecule has 0 spiro atoms. The van der Waals surface area contributed by atoms with Crippen molar-refractivity contribution in [1.29, 1.82) is 0 Å². The highest BCUT2D eigenvalue weighted by Gasteiger charge is 2.23. The second-order valence-corrected chi connectivity index (χ2v) is 7.56. The third kappa shape index (κ3) is 6.03. The fourth-order valence-corrected chi connectivity index (χ4v) is 3.37. The van der Waals surface area contributed by atoms with Crippen molar-refractivity contribution in [3.63, 3.8) is 0 Å². The lowest BCUT2D eigenvalue weighted by atomic mass is 10.2. The second kappa shape index (κ2) is 8.47. The molecule has 0 aliphatic carbocycles. The molecule has 0 aromatic rings. The van der Waals surface area contributed by atoms with E-state index in [2.05, 4.69) is 20.4 Å². The van der Waals surface area contributed by atoms with E-state index in [1.807, 2.05) is 13.8 Å².